The molecule has 0 aliphatic rings. The molecule has 0 aliphatic carbocycles. The van der Waals surface area contributed by atoms with Gasteiger partial charge < -0.3 is 17.8 Å². The van der Waals surface area contributed by atoms with Crippen molar-refractivity contribution in [2.75, 3.05) is 0 Å². The van der Waals surface area contributed by atoms with Crippen LogP contribution in [-0.4, -0.2) is 52.1 Å². The quantitative estimate of drug-likeness (QED) is 0.150. The van der Waals surface area contributed by atoms with Gasteiger partial charge in [0.1, 0.15) is 22.8 Å². The van der Waals surface area contributed by atoms with Crippen molar-refractivity contribution in [3.05, 3.63) is 167 Å². The van der Waals surface area contributed by atoms with Gasteiger partial charge in [-0.25, -0.2) is 29.9 Å². The van der Waals surface area contributed by atoms with E-state index in [1.807, 2.05) is 226 Å². The van der Waals surface area contributed by atoms with Crippen LogP contribution < -0.4 is 0 Å². The van der Waals surface area contributed by atoms with Gasteiger partial charge in [-0.15, -0.1) is 0 Å². The van der Waals surface area contributed by atoms with E-state index in [4.69, 9.17) is 0 Å². The van der Waals surface area contributed by atoms with Crippen molar-refractivity contribution in [3.8, 4) is 0 Å². The summed E-state index contributed by atoms with van der Waals surface area (Å²) in [7, 11) is 2.03. The molecule has 1 aromatic carbocycles. The van der Waals surface area contributed by atoms with Crippen LogP contribution in [0.25, 0.3) is 33.8 Å². The highest BCUT2D eigenvalue weighted by atomic mass is 15.1. The minimum atomic E-state index is 0.780. The molecule has 0 atom stereocenters. The van der Waals surface area contributed by atoms with E-state index in [-0.39, 0.29) is 0 Å². The Kier molecular flexibility index (Phi) is 25.8. The highest BCUT2D eigenvalue weighted by Crippen LogP contribution is 2.14. The maximum absolute atomic E-state index is 4.38. The Morgan fingerprint density at radius 3 is 1.06 bits per heavy atom. The van der Waals surface area contributed by atoms with Gasteiger partial charge in [0.05, 0.1) is 33.8 Å². The zero-order valence-corrected chi connectivity index (χ0v) is 43.4. The van der Waals surface area contributed by atoms with Gasteiger partial charge in [-0.2, -0.15) is 0 Å². The van der Waals surface area contributed by atoms with Gasteiger partial charge in [0.15, 0.2) is 0 Å². The summed E-state index contributed by atoms with van der Waals surface area (Å²) in [5, 5.41) is 0. The molecule has 0 spiro atoms. The van der Waals surface area contributed by atoms with Gasteiger partial charge in [-0.3, -0.25) is 4.40 Å². The largest absolute Gasteiger partial charge is 0.331 e. The van der Waals surface area contributed by atoms with Crippen molar-refractivity contribution in [2.24, 2.45) is 7.05 Å². The van der Waals surface area contributed by atoms with Crippen LogP contribution in [0, 0.1) is 62.3 Å². The number of imidazole rings is 5. The topological polar surface area (TPSA) is 99.9 Å². The number of pyridine rings is 3. The van der Waals surface area contributed by atoms with E-state index in [9.17, 15) is 0 Å². The normalized spacial score (nSPS) is 9.54. The molecule has 0 saturated carbocycles. The van der Waals surface area contributed by atoms with Crippen molar-refractivity contribution in [3.63, 3.8) is 0 Å². The Morgan fingerprint density at radius 2 is 0.692 bits per heavy atom. The van der Waals surface area contributed by atoms with Crippen LogP contribution in [0.4, 0.5) is 0 Å². The summed E-state index contributed by atoms with van der Waals surface area (Å²) in [4.78, 5) is 25.9. The van der Waals surface area contributed by atoms with E-state index in [1.165, 1.54) is 22.6 Å². The lowest BCUT2D eigenvalue weighted by atomic mass is 10.3. The second-order valence-corrected chi connectivity index (χ2v) is 13.4. The summed E-state index contributed by atoms with van der Waals surface area (Å²) in [5.74, 6) is 1.84. The average Bonchev–Trinajstić information content (AvgIpc) is 4.11. The van der Waals surface area contributed by atoms with Crippen molar-refractivity contribution >= 4 is 33.8 Å². The third-order valence-electron chi connectivity index (χ3n) is 9.91. The number of aryl methyl sites for hydroxylation is 10. The number of hydrogen-bond acceptors (Lipinski definition) is 6. The van der Waals surface area contributed by atoms with Crippen LogP contribution in [0.2, 0.25) is 0 Å². The maximum Gasteiger partial charge on any atom is 0.234 e. The second-order valence-electron chi connectivity index (χ2n) is 13.4. The first kappa shape index (κ1) is 56.4. The van der Waals surface area contributed by atoms with Gasteiger partial charge in [0, 0.05) is 60.8 Å². The fourth-order valence-corrected chi connectivity index (χ4v) is 6.09. The predicted molar refractivity (Wildman–Crippen MR) is 279 cm³/mol. The molecule has 10 rings (SSSR count). The molecule has 9 aromatic heterocycles. The number of benzene rings is 1. The van der Waals surface area contributed by atoms with E-state index in [0.29, 0.717) is 0 Å². The Labute approximate surface area is 390 Å². The Balaban J connectivity index is 0.000000387. The Bertz CT molecular complexity index is 2390. The molecule has 350 valence electrons. The molecule has 9 heterocycles. The summed E-state index contributed by atoms with van der Waals surface area (Å²) in [6, 6.07) is 28.1. The van der Waals surface area contributed by atoms with E-state index < -0.39 is 0 Å². The van der Waals surface area contributed by atoms with Gasteiger partial charge in [-0.05, 0) is 117 Å². The summed E-state index contributed by atoms with van der Waals surface area (Å²) < 4.78 is 10.4. The molecule has 0 radical (unpaired) electrons. The molecular formula is C54H79N11. The number of aromatic nitrogens is 11. The summed E-state index contributed by atoms with van der Waals surface area (Å²) in [6.07, 6.45) is 9.82. The van der Waals surface area contributed by atoms with Crippen LogP contribution >= 0.6 is 0 Å². The fraction of sp³-hybridized carbons (Fsp3) is 0.370. The lowest BCUT2D eigenvalue weighted by Crippen LogP contribution is -1.89. The van der Waals surface area contributed by atoms with Crippen LogP contribution in [-0.2, 0) is 7.05 Å². The number of fused-ring (bicyclic) bond motifs is 5. The molecule has 0 amide bonds. The zero-order valence-electron chi connectivity index (χ0n) is 43.4. The summed E-state index contributed by atoms with van der Waals surface area (Å²) >= 11 is 0. The Morgan fingerprint density at radius 1 is 0.354 bits per heavy atom. The molecule has 0 bridgehead atoms. The summed E-state index contributed by atoms with van der Waals surface area (Å²) in [5.41, 5.74) is 14.6. The number of hydrogen-bond donors (Lipinski definition) is 0. The van der Waals surface area contributed by atoms with Crippen molar-refractivity contribution in [1.29, 1.82) is 0 Å². The SMILES string of the molecule is CC.CC.CC.CC.CC.Cc1nc2ccccc2n1C.Cc1nc2ccccn2c1C.Cc1nc2ccccn2c1C.Cc1nc2ccccn2c1C.Cc1nc2ncccn2c1C. The predicted octanol–water partition coefficient (Wildman–Crippen LogP) is 14.2. The van der Waals surface area contributed by atoms with Crippen LogP contribution in [0.5, 0.6) is 0 Å². The zero-order chi connectivity index (χ0) is 49.2. The van der Waals surface area contributed by atoms with Gasteiger partial charge >= 0.3 is 0 Å². The maximum atomic E-state index is 4.38. The van der Waals surface area contributed by atoms with Crippen molar-refractivity contribution < 1.29 is 0 Å². The lowest BCUT2D eigenvalue weighted by molar-refractivity contribution is 0.886. The molecule has 11 nitrogen and oxygen atoms in total. The van der Waals surface area contributed by atoms with Crippen LogP contribution in [0.1, 0.15) is 121 Å². The number of rotatable bonds is 0. The molecule has 0 saturated heterocycles. The second kappa shape index (κ2) is 29.7. The van der Waals surface area contributed by atoms with Crippen LogP contribution in [0.3, 0.4) is 0 Å². The van der Waals surface area contributed by atoms with E-state index in [2.05, 4.69) is 74.5 Å². The highest BCUT2D eigenvalue weighted by molar-refractivity contribution is 5.75. The first-order valence-electron chi connectivity index (χ1n) is 23.3. The van der Waals surface area contributed by atoms with Gasteiger partial charge in [-0.1, -0.05) is 99.6 Å². The first-order chi connectivity index (χ1) is 31.4. The van der Waals surface area contributed by atoms with Crippen molar-refractivity contribution in [2.45, 2.75) is 132 Å². The minimum Gasteiger partial charge on any atom is -0.331 e. The van der Waals surface area contributed by atoms with Crippen molar-refractivity contribution in [1.82, 2.24) is 52.1 Å². The minimum absolute atomic E-state index is 0.780. The average molecular weight is 882 g/mol. The van der Waals surface area contributed by atoms with Gasteiger partial charge in [0.25, 0.3) is 0 Å². The molecule has 0 N–H and O–H groups in total. The van der Waals surface area contributed by atoms with E-state index in [1.54, 1.807) is 6.20 Å². The third kappa shape index (κ3) is 15.0. The molecule has 65 heavy (non-hydrogen) atoms. The Hall–Kier alpha value is -6.62. The first-order valence-corrected chi connectivity index (χ1v) is 23.3. The van der Waals surface area contributed by atoms with Gasteiger partial charge in [0.2, 0.25) is 5.78 Å². The molecule has 10 aromatic rings. The fourth-order valence-electron chi connectivity index (χ4n) is 6.09. The number of para-hydroxylation sites is 2. The lowest BCUT2D eigenvalue weighted by Gasteiger charge is -1.93. The highest BCUT2D eigenvalue weighted by Gasteiger charge is 2.04. The molecule has 11 heteroatoms. The summed E-state index contributed by atoms with van der Waals surface area (Å²) in [6.45, 7) is 38.4. The standard InChI is InChI=1S/4C9H10N2.C8H9N3.5C2H6/c1-7-10-8-5-3-4-6-9(8)11(7)2;3*1-7-8(2)11-6-4-3-5-9(11)10-7;1-6-7(2)11-5-3-4-9-8(11)10-6;5*1-2/h4*3-6H,1-2H3;3-5H,1-2H3;5*1-2H3. The molecular weight excluding hydrogens is 803 g/mol. The van der Waals surface area contributed by atoms with E-state index in [0.717, 1.165) is 62.5 Å². The third-order valence-corrected chi connectivity index (χ3v) is 9.91. The van der Waals surface area contributed by atoms with E-state index >= 15 is 0 Å². The molecule has 0 fully saturated rings. The molecule has 0 unspecified atom stereocenters. The monoisotopic (exact) mass is 882 g/mol. The molecule has 0 aliphatic heterocycles. The van der Waals surface area contributed by atoms with Crippen LogP contribution in [0.15, 0.2) is 116 Å². The smallest absolute Gasteiger partial charge is 0.234 e. The number of nitrogens with zero attached hydrogens (tertiary/aromatic N) is 11.